The van der Waals surface area contributed by atoms with Crippen molar-refractivity contribution >= 4 is 23.4 Å². The standard InChI is InChI=1S/C12H10ClN3O2/c13-10-7-16-11(5-9(10)12(17)18)15-6-8-1-3-14-4-2-8/h1-5,7H,6H2,(H,15,16)(H,17,18). The van der Waals surface area contributed by atoms with Gasteiger partial charge in [0.2, 0.25) is 0 Å². The molecular formula is C12H10ClN3O2. The fourth-order valence-corrected chi connectivity index (χ4v) is 1.58. The van der Waals surface area contributed by atoms with Gasteiger partial charge in [-0.15, -0.1) is 0 Å². The van der Waals surface area contributed by atoms with Crippen LogP contribution < -0.4 is 5.32 Å². The molecule has 0 aliphatic rings. The number of hydrogen-bond acceptors (Lipinski definition) is 4. The van der Waals surface area contributed by atoms with Crippen LogP contribution in [0.15, 0.2) is 36.8 Å². The molecule has 0 radical (unpaired) electrons. The van der Waals surface area contributed by atoms with E-state index in [9.17, 15) is 4.79 Å². The maximum absolute atomic E-state index is 10.9. The summed E-state index contributed by atoms with van der Waals surface area (Å²) in [5.74, 6) is -0.608. The van der Waals surface area contributed by atoms with Gasteiger partial charge in [0.1, 0.15) is 5.82 Å². The highest BCUT2D eigenvalue weighted by molar-refractivity contribution is 6.33. The third-order valence-corrected chi connectivity index (χ3v) is 2.61. The Labute approximate surface area is 108 Å². The Morgan fingerprint density at radius 1 is 1.39 bits per heavy atom. The van der Waals surface area contributed by atoms with Gasteiger partial charge < -0.3 is 10.4 Å². The number of pyridine rings is 2. The van der Waals surface area contributed by atoms with Gasteiger partial charge in [0, 0.05) is 25.1 Å². The van der Waals surface area contributed by atoms with Gasteiger partial charge in [-0.2, -0.15) is 0 Å². The first-order valence-electron chi connectivity index (χ1n) is 5.18. The van der Waals surface area contributed by atoms with E-state index in [-0.39, 0.29) is 10.6 Å². The Morgan fingerprint density at radius 2 is 2.11 bits per heavy atom. The summed E-state index contributed by atoms with van der Waals surface area (Å²) in [4.78, 5) is 18.8. The van der Waals surface area contributed by atoms with Crippen molar-refractivity contribution in [3.63, 3.8) is 0 Å². The van der Waals surface area contributed by atoms with E-state index in [4.69, 9.17) is 16.7 Å². The average Bonchev–Trinajstić information content (AvgIpc) is 2.38. The van der Waals surface area contributed by atoms with Gasteiger partial charge in [0.25, 0.3) is 0 Å². The van der Waals surface area contributed by atoms with Crippen molar-refractivity contribution in [1.82, 2.24) is 9.97 Å². The predicted octanol–water partition coefficient (Wildman–Crippen LogP) is 2.44. The molecule has 6 heteroatoms. The van der Waals surface area contributed by atoms with E-state index in [2.05, 4.69) is 15.3 Å². The zero-order chi connectivity index (χ0) is 13.0. The van der Waals surface area contributed by atoms with Crippen molar-refractivity contribution in [2.24, 2.45) is 0 Å². The summed E-state index contributed by atoms with van der Waals surface area (Å²) in [7, 11) is 0. The molecule has 0 bridgehead atoms. The second-order valence-electron chi connectivity index (χ2n) is 3.56. The first-order valence-corrected chi connectivity index (χ1v) is 5.56. The summed E-state index contributed by atoms with van der Waals surface area (Å²) in [6.07, 6.45) is 4.70. The smallest absolute Gasteiger partial charge is 0.337 e. The molecule has 0 unspecified atom stereocenters. The Morgan fingerprint density at radius 3 is 2.78 bits per heavy atom. The molecule has 2 aromatic heterocycles. The minimum atomic E-state index is -1.07. The number of aromatic carboxylic acids is 1. The summed E-state index contributed by atoms with van der Waals surface area (Å²) >= 11 is 5.73. The molecule has 0 saturated carbocycles. The van der Waals surface area contributed by atoms with Gasteiger partial charge in [0.05, 0.1) is 10.6 Å². The molecule has 5 nitrogen and oxygen atoms in total. The Bertz CT molecular complexity index is 561. The number of carbonyl (C=O) groups is 1. The Hall–Kier alpha value is -2.14. The van der Waals surface area contributed by atoms with E-state index < -0.39 is 5.97 Å². The normalized spacial score (nSPS) is 10.1. The fourth-order valence-electron chi connectivity index (χ4n) is 1.39. The number of carboxylic acid groups (broad SMARTS) is 1. The van der Waals surface area contributed by atoms with Gasteiger partial charge in [0.15, 0.2) is 0 Å². The van der Waals surface area contributed by atoms with Crippen LogP contribution in [0, 0.1) is 0 Å². The van der Waals surface area contributed by atoms with Crippen LogP contribution in [0.5, 0.6) is 0 Å². The lowest BCUT2D eigenvalue weighted by Crippen LogP contribution is -2.04. The predicted molar refractivity (Wildman–Crippen MR) is 67.8 cm³/mol. The molecule has 2 rings (SSSR count). The lowest BCUT2D eigenvalue weighted by atomic mass is 10.2. The van der Waals surface area contributed by atoms with Crippen LogP contribution >= 0.6 is 11.6 Å². The minimum Gasteiger partial charge on any atom is -0.478 e. The number of rotatable bonds is 4. The Balaban J connectivity index is 2.11. The van der Waals surface area contributed by atoms with E-state index in [1.165, 1.54) is 12.3 Å². The summed E-state index contributed by atoms with van der Waals surface area (Å²) < 4.78 is 0. The summed E-state index contributed by atoms with van der Waals surface area (Å²) in [5.41, 5.74) is 1.06. The van der Waals surface area contributed by atoms with E-state index in [1.807, 2.05) is 12.1 Å². The lowest BCUT2D eigenvalue weighted by molar-refractivity contribution is 0.0697. The third kappa shape index (κ3) is 2.95. The second kappa shape index (κ2) is 5.46. The van der Waals surface area contributed by atoms with Crippen molar-refractivity contribution in [2.75, 3.05) is 5.32 Å². The summed E-state index contributed by atoms with van der Waals surface area (Å²) in [6, 6.07) is 5.13. The van der Waals surface area contributed by atoms with Gasteiger partial charge in [-0.3, -0.25) is 4.98 Å². The van der Waals surface area contributed by atoms with Crippen molar-refractivity contribution < 1.29 is 9.90 Å². The highest BCUT2D eigenvalue weighted by atomic mass is 35.5. The molecular weight excluding hydrogens is 254 g/mol. The largest absolute Gasteiger partial charge is 0.478 e. The molecule has 0 aromatic carbocycles. The first kappa shape index (κ1) is 12.3. The van der Waals surface area contributed by atoms with Gasteiger partial charge in [-0.1, -0.05) is 11.6 Å². The van der Waals surface area contributed by atoms with E-state index in [1.54, 1.807) is 12.4 Å². The molecule has 0 atom stereocenters. The average molecular weight is 264 g/mol. The maximum atomic E-state index is 10.9. The van der Waals surface area contributed by atoms with Crippen LogP contribution in [0.1, 0.15) is 15.9 Å². The zero-order valence-electron chi connectivity index (χ0n) is 9.30. The quantitative estimate of drug-likeness (QED) is 0.886. The van der Waals surface area contributed by atoms with Crippen LogP contribution in [0.25, 0.3) is 0 Å². The van der Waals surface area contributed by atoms with Crippen LogP contribution in [0.4, 0.5) is 5.82 Å². The van der Waals surface area contributed by atoms with Crippen molar-refractivity contribution in [3.8, 4) is 0 Å². The molecule has 2 N–H and O–H groups in total. The molecule has 0 aliphatic heterocycles. The molecule has 0 fully saturated rings. The molecule has 0 amide bonds. The number of aromatic nitrogens is 2. The molecule has 0 aliphatic carbocycles. The summed E-state index contributed by atoms with van der Waals surface area (Å²) in [5, 5.41) is 12.1. The highest BCUT2D eigenvalue weighted by Crippen LogP contribution is 2.18. The lowest BCUT2D eigenvalue weighted by Gasteiger charge is -2.07. The number of halogens is 1. The highest BCUT2D eigenvalue weighted by Gasteiger charge is 2.10. The number of nitrogens with zero attached hydrogens (tertiary/aromatic N) is 2. The fraction of sp³-hybridized carbons (Fsp3) is 0.0833. The van der Waals surface area contributed by atoms with Crippen molar-refractivity contribution in [3.05, 3.63) is 52.9 Å². The van der Waals surface area contributed by atoms with Crippen molar-refractivity contribution in [2.45, 2.75) is 6.54 Å². The number of carboxylic acids is 1. The first-order chi connectivity index (χ1) is 8.66. The molecule has 2 aromatic rings. The topological polar surface area (TPSA) is 75.1 Å². The van der Waals surface area contributed by atoms with E-state index in [0.29, 0.717) is 12.4 Å². The number of anilines is 1. The summed E-state index contributed by atoms with van der Waals surface area (Å²) in [6.45, 7) is 0.538. The SMILES string of the molecule is O=C(O)c1cc(NCc2ccncc2)ncc1Cl. The molecule has 0 spiro atoms. The molecule has 92 valence electrons. The monoisotopic (exact) mass is 263 g/mol. The number of hydrogen-bond donors (Lipinski definition) is 2. The zero-order valence-corrected chi connectivity index (χ0v) is 10.1. The van der Waals surface area contributed by atoms with E-state index >= 15 is 0 Å². The van der Waals surface area contributed by atoms with Crippen LogP contribution in [-0.2, 0) is 6.54 Å². The third-order valence-electron chi connectivity index (χ3n) is 2.31. The van der Waals surface area contributed by atoms with E-state index in [0.717, 1.165) is 5.56 Å². The second-order valence-corrected chi connectivity index (χ2v) is 3.97. The van der Waals surface area contributed by atoms with Crippen LogP contribution in [-0.4, -0.2) is 21.0 Å². The van der Waals surface area contributed by atoms with Crippen LogP contribution in [0.3, 0.4) is 0 Å². The number of nitrogens with one attached hydrogen (secondary N) is 1. The molecule has 18 heavy (non-hydrogen) atoms. The minimum absolute atomic E-state index is 0.0314. The van der Waals surface area contributed by atoms with Gasteiger partial charge >= 0.3 is 5.97 Å². The van der Waals surface area contributed by atoms with Gasteiger partial charge in [-0.25, -0.2) is 9.78 Å². The Kier molecular flexibility index (Phi) is 3.74. The van der Waals surface area contributed by atoms with Gasteiger partial charge in [-0.05, 0) is 23.8 Å². The van der Waals surface area contributed by atoms with Crippen molar-refractivity contribution in [1.29, 1.82) is 0 Å². The van der Waals surface area contributed by atoms with Crippen LogP contribution in [0.2, 0.25) is 5.02 Å². The molecule has 0 saturated heterocycles. The molecule has 2 heterocycles. The maximum Gasteiger partial charge on any atom is 0.337 e.